The van der Waals surface area contributed by atoms with Crippen molar-refractivity contribution in [1.82, 2.24) is 15.5 Å². The van der Waals surface area contributed by atoms with Gasteiger partial charge in [-0.15, -0.1) is 0 Å². The van der Waals surface area contributed by atoms with Crippen molar-refractivity contribution >= 4 is 12.0 Å². The average molecular weight is 408 g/mol. The smallest absolute Gasteiger partial charge is 0.407 e. The van der Waals surface area contributed by atoms with Gasteiger partial charge in [-0.3, -0.25) is 9.69 Å². The van der Waals surface area contributed by atoms with E-state index in [1.54, 1.807) is 12.1 Å². The maximum Gasteiger partial charge on any atom is 0.407 e. The lowest BCUT2D eigenvalue weighted by Gasteiger charge is -2.36. The molecule has 2 unspecified atom stereocenters. The molecule has 2 atom stereocenters. The fourth-order valence-electron chi connectivity index (χ4n) is 3.45. The van der Waals surface area contributed by atoms with Gasteiger partial charge in [0, 0.05) is 19.6 Å². The predicted octanol–water partition coefficient (Wildman–Crippen LogP) is 3.11. The Morgan fingerprint density at radius 1 is 1.24 bits per heavy atom. The molecular weight excluding hydrogens is 373 g/mol. The first-order chi connectivity index (χ1) is 13.6. The minimum absolute atomic E-state index is 0.00661. The zero-order valence-corrected chi connectivity index (χ0v) is 18.0. The highest BCUT2D eigenvalue weighted by molar-refractivity contribution is 5.81. The number of nitrogens with one attached hydrogen (secondary N) is 2. The molecule has 0 aliphatic carbocycles. The number of ether oxygens (including phenoxy) is 1. The molecule has 1 aromatic rings. The Bertz CT molecular complexity index is 673. The van der Waals surface area contributed by atoms with E-state index in [9.17, 15) is 14.0 Å². The molecule has 0 bridgehead atoms. The van der Waals surface area contributed by atoms with Crippen molar-refractivity contribution in [3.05, 3.63) is 35.6 Å². The number of carbonyl (C=O) groups excluding carboxylic acids is 2. The standard InChI is InChI=1S/C22H34FN3O3/c1-16(20(27)24-12-11-17-7-9-19(23)10-8-17)26-13-5-6-18(15-26)14-25-21(28)29-22(2,3)4/h7-10,16,18H,5-6,11-15H2,1-4H3,(H,24,27)(H,25,28). The Morgan fingerprint density at radius 2 is 1.93 bits per heavy atom. The van der Waals surface area contributed by atoms with Crippen LogP contribution in [-0.4, -0.2) is 54.7 Å². The number of alkyl carbamates (subject to hydrolysis) is 1. The number of amides is 2. The molecule has 1 aliphatic heterocycles. The van der Waals surface area contributed by atoms with E-state index in [0.717, 1.165) is 31.5 Å². The highest BCUT2D eigenvalue weighted by atomic mass is 19.1. The molecule has 1 fully saturated rings. The second kappa shape index (κ2) is 10.6. The van der Waals surface area contributed by atoms with Crippen molar-refractivity contribution in [2.24, 2.45) is 5.92 Å². The van der Waals surface area contributed by atoms with E-state index in [1.165, 1.54) is 12.1 Å². The number of carbonyl (C=O) groups is 2. The summed E-state index contributed by atoms with van der Waals surface area (Å²) in [6, 6.07) is 6.10. The number of hydrogen-bond acceptors (Lipinski definition) is 4. The summed E-state index contributed by atoms with van der Waals surface area (Å²) in [4.78, 5) is 26.5. The summed E-state index contributed by atoms with van der Waals surface area (Å²) in [7, 11) is 0. The van der Waals surface area contributed by atoms with E-state index < -0.39 is 11.7 Å². The van der Waals surface area contributed by atoms with Crippen LogP contribution in [0, 0.1) is 11.7 Å². The lowest BCUT2D eigenvalue weighted by atomic mass is 9.96. The van der Waals surface area contributed by atoms with Gasteiger partial charge >= 0.3 is 6.09 Å². The van der Waals surface area contributed by atoms with Crippen molar-refractivity contribution in [3.8, 4) is 0 Å². The summed E-state index contributed by atoms with van der Waals surface area (Å²) < 4.78 is 18.2. The monoisotopic (exact) mass is 407 g/mol. The van der Waals surface area contributed by atoms with Gasteiger partial charge < -0.3 is 15.4 Å². The molecule has 7 heteroatoms. The quantitative estimate of drug-likeness (QED) is 0.729. The van der Waals surface area contributed by atoms with Crippen LogP contribution in [0.2, 0.25) is 0 Å². The van der Waals surface area contributed by atoms with E-state index in [0.29, 0.717) is 25.4 Å². The summed E-state index contributed by atoms with van der Waals surface area (Å²) in [5, 5.41) is 5.81. The van der Waals surface area contributed by atoms with E-state index >= 15 is 0 Å². The highest BCUT2D eigenvalue weighted by Gasteiger charge is 2.28. The molecule has 2 N–H and O–H groups in total. The Hall–Kier alpha value is -2.15. The molecule has 2 amide bonds. The fourth-order valence-corrected chi connectivity index (χ4v) is 3.45. The molecule has 6 nitrogen and oxygen atoms in total. The minimum atomic E-state index is -0.511. The van der Waals surface area contributed by atoms with Crippen LogP contribution in [0.25, 0.3) is 0 Å². The second-order valence-electron chi connectivity index (χ2n) is 8.73. The topological polar surface area (TPSA) is 70.7 Å². The first-order valence-electron chi connectivity index (χ1n) is 10.4. The van der Waals surface area contributed by atoms with Crippen LogP contribution in [0.5, 0.6) is 0 Å². The Labute approximate surface area is 173 Å². The molecule has 162 valence electrons. The third-order valence-corrected chi connectivity index (χ3v) is 5.04. The van der Waals surface area contributed by atoms with E-state index in [1.807, 2.05) is 27.7 Å². The summed E-state index contributed by atoms with van der Waals surface area (Å²) in [5.41, 5.74) is 0.481. The number of hydrogen-bond donors (Lipinski definition) is 2. The lowest BCUT2D eigenvalue weighted by molar-refractivity contribution is -0.126. The Morgan fingerprint density at radius 3 is 2.59 bits per heavy atom. The number of nitrogens with zero attached hydrogens (tertiary/aromatic N) is 1. The number of halogens is 1. The predicted molar refractivity (Wildman–Crippen MR) is 111 cm³/mol. The van der Waals surface area contributed by atoms with Gasteiger partial charge in [0.25, 0.3) is 0 Å². The number of likely N-dealkylation sites (tertiary alicyclic amines) is 1. The van der Waals surface area contributed by atoms with Gasteiger partial charge in [-0.2, -0.15) is 0 Å². The van der Waals surface area contributed by atoms with Gasteiger partial charge in [0.15, 0.2) is 0 Å². The SMILES string of the molecule is CC(C(=O)NCCc1ccc(F)cc1)N1CCCC(CNC(=O)OC(C)(C)C)C1. The van der Waals surface area contributed by atoms with E-state index in [4.69, 9.17) is 4.74 Å². The Balaban J connectivity index is 1.73. The molecule has 0 spiro atoms. The van der Waals surface area contributed by atoms with Crippen LogP contribution >= 0.6 is 0 Å². The van der Waals surface area contributed by atoms with Crippen LogP contribution < -0.4 is 10.6 Å². The number of piperidine rings is 1. The number of rotatable bonds is 7. The normalized spacial score (nSPS) is 18.7. The van der Waals surface area contributed by atoms with Crippen molar-refractivity contribution in [2.45, 2.75) is 58.6 Å². The maximum atomic E-state index is 12.9. The van der Waals surface area contributed by atoms with Crippen molar-refractivity contribution in [3.63, 3.8) is 0 Å². The molecule has 1 aromatic carbocycles. The van der Waals surface area contributed by atoms with Crippen molar-refractivity contribution in [1.29, 1.82) is 0 Å². The third-order valence-electron chi connectivity index (χ3n) is 5.04. The van der Waals surface area contributed by atoms with Crippen LogP contribution in [0.3, 0.4) is 0 Å². The van der Waals surface area contributed by atoms with Gasteiger partial charge in [0.2, 0.25) is 5.91 Å². The van der Waals surface area contributed by atoms with Crippen LogP contribution in [0.4, 0.5) is 9.18 Å². The fraction of sp³-hybridized carbons (Fsp3) is 0.636. The highest BCUT2D eigenvalue weighted by Crippen LogP contribution is 2.18. The molecule has 1 heterocycles. The Kier molecular flexibility index (Phi) is 8.44. The largest absolute Gasteiger partial charge is 0.444 e. The first-order valence-corrected chi connectivity index (χ1v) is 10.4. The zero-order valence-electron chi connectivity index (χ0n) is 18.0. The van der Waals surface area contributed by atoms with E-state index in [2.05, 4.69) is 15.5 Å². The summed E-state index contributed by atoms with van der Waals surface area (Å²) in [5.74, 6) is 0.0332. The molecule has 0 radical (unpaired) electrons. The number of benzene rings is 1. The molecule has 1 saturated heterocycles. The van der Waals surface area contributed by atoms with Crippen molar-refractivity contribution < 1.29 is 18.7 Å². The van der Waals surface area contributed by atoms with Gasteiger partial charge in [-0.05, 0) is 77.1 Å². The zero-order chi connectivity index (χ0) is 21.4. The second-order valence-corrected chi connectivity index (χ2v) is 8.73. The summed E-state index contributed by atoms with van der Waals surface area (Å²) in [6.45, 7) is 10.1. The summed E-state index contributed by atoms with van der Waals surface area (Å²) >= 11 is 0. The molecule has 0 saturated carbocycles. The lowest BCUT2D eigenvalue weighted by Crippen LogP contribution is -2.51. The summed E-state index contributed by atoms with van der Waals surface area (Å²) in [6.07, 6.45) is 2.28. The van der Waals surface area contributed by atoms with Gasteiger partial charge in [0.1, 0.15) is 11.4 Å². The van der Waals surface area contributed by atoms with E-state index in [-0.39, 0.29) is 17.8 Å². The van der Waals surface area contributed by atoms with Crippen LogP contribution in [0.15, 0.2) is 24.3 Å². The van der Waals surface area contributed by atoms with Crippen molar-refractivity contribution in [2.75, 3.05) is 26.2 Å². The van der Waals surface area contributed by atoms with Crippen LogP contribution in [0.1, 0.15) is 46.1 Å². The maximum absolute atomic E-state index is 12.9. The molecule has 0 aromatic heterocycles. The third kappa shape index (κ3) is 8.40. The first kappa shape index (κ1) is 23.1. The van der Waals surface area contributed by atoms with Gasteiger partial charge in [-0.1, -0.05) is 12.1 Å². The van der Waals surface area contributed by atoms with Crippen LogP contribution in [-0.2, 0) is 16.0 Å². The molecule has 2 rings (SSSR count). The minimum Gasteiger partial charge on any atom is -0.444 e. The van der Waals surface area contributed by atoms with Gasteiger partial charge in [0.05, 0.1) is 6.04 Å². The molecular formula is C22H34FN3O3. The van der Waals surface area contributed by atoms with Gasteiger partial charge in [-0.25, -0.2) is 9.18 Å². The average Bonchev–Trinajstić information content (AvgIpc) is 2.66. The molecule has 29 heavy (non-hydrogen) atoms. The molecule has 1 aliphatic rings.